The molecule has 0 heterocycles. The first-order chi connectivity index (χ1) is 12.3. The van der Waals surface area contributed by atoms with Crippen LogP contribution in [0.2, 0.25) is 0 Å². The van der Waals surface area contributed by atoms with Gasteiger partial charge in [0, 0.05) is 23.8 Å². The van der Waals surface area contributed by atoms with E-state index in [2.05, 4.69) is 4.72 Å². The fourth-order valence-electron chi connectivity index (χ4n) is 2.84. The molecule has 1 amide bonds. The summed E-state index contributed by atoms with van der Waals surface area (Å²) in [7, 11) is -3.88. The second-order valence-corrected chi connectivity index (χ2v) is 8.09. The largest absolute Gasteiger partial charge is 0.336 e. The molecule has 2 aromatic carbocycles. The molecule has 0 aromatic heterocycles. The molecule has 26 heavy (non-hydrogen) atoms. The van der Waals surface area contributed by atoms with Crippen molar-refractivity contribution in [1.29, 1.82) is 0 Å². The lowest BCUT2D eigenvalue weighted by Crippen LogP contribution is -2.33. The molecule has 1 aliphatic rings. The van der Waals surface area contributed by atoms with E-state index in [1.165, 1.54) is 36.4 Å². The average molecular weight is 376 g/mol. The van der Waals surface area contributed by atoms with Crippen molar-refractivity contribution < 1.29 is 17.6 Å². The highest BCUT2D eigenvalue weighted by Crippen LogP contribution is 2.29. The van der Waals surface area contributed by atoms with Gasteiger partial charge in [-0.3, -0.25) is 9.52 Å². The van der Waals surface area contributed by atoms with E-state index < -0.39 is 15.8 Å². The van der Waals surface area contributed by atoms with Gasteiger partial charge in [0.05, 0.1) is 4.90 Å². The summed E-state index contributed by atoms with van der Waals surface area (Å²) in [5, 5.41) is 0. The number of carbonyl (C=O) groups is 1. The maximum Gasteiger partial charge on any atom is 0.261 e. The Morgan fingerprint density at radius 2 is 1.85 bits per heavy atom. The van der Waals surface area contributed by atoms with Gasteiger partial charge in [0.1, 0.15) is 5.82 Å². The summed E-state index contributed by atoms with van der Waals surface area (Å²) in [6.07, 6.45) is 1.98. The molecule has 0 atom stereocenters. The van der Waals surface area contributed by atoms with E-state index in [1.807, 2.05) is 6.92 Å². The molecule has 5 nitrogen and oxygen atoms in total. The third kappa shape index (κ3) is 3.88. The third-order valence-electron chi connectivity index (χ3n) is 4.44. The summed E-state index contributed by atoms with van der Waals surface area (Å²) in [6, 6.07) is 9.81. The van der Waals surface area contributed by atoms with Crippen LogP contribution < -0.4 is 4.72 Å². The van der Waals surface area contributed by atoms with Gasteiger partial charge in [-0.05, 0) is 68.7 Å². The predicted molar refractivity (Wildman–Crippen MR) is 98.1 cm³/mol. The van der Waals surface area contributed by atoms with Gasteiger partial charge in [0.25, 0.3) is 15.9 Å². The third-order valence-corrected chi connectivity index (χ3v) is 5.81. The summed E-state index contributed by atoms with van der Waals surface area (Å²) in [5.74, 6) is -0.595. The number of anilines is 1. The van der Waals surface area contributed by atoms with Crippen LogP contribution in [0.25, 0.3) is 0 Å². The minimum atomic E-state index is -3.88. The van der Waals surface area contributed by atoms with Crippen LogP contribution in [-0.4, -0.2) is 31.8 Å². The number of nitrogens with one attached hydrogen (secondary N) is 1. The SMILES string of the molecule is CCN(C(=O)c1cc(S(=O)(=O)Nc2ccc(F)cc2)ccc1C)C1CC1. The van der Waals surface area contributed by atoms with Crippen molar-refractivity contribution in [1.82, 2.24) is 4.90 Å². The van der Waals surface area contributed by atoms with Crippen molar-refractivity contribution in [3.63, 3.8) is 0 Å². The number of sulfonamides is 1. The molecule has 3 rings (SSSR count). The minimum absolute atomic E-state index is 0.00243. The molecule has 138 valence electrons. The van der Waals surface area contributed by atoms with Crippen molar-refractivity contribution in [2.45, 2.75) is 37.6 Å². The molecule has 0 spiro atoms. The van der Waals surface area contributed by atoms with Gasteiger partial charge in [-0.2, -0.15) is 0 Å². The molecular formula is C19H21FN2O3S. The Labute approximate surface area is 152 Å². The summed E-state index contributed by atoms with van der Waals surface area (Å²) < 4.78 is 40.7. The molecule has 1 fully saturated rings. The molecule has 0 aliphatic heterocycles. The molecule has 1 N–H and O–H groups in total. The van der Waals surface area contributed by atoms with Gasteiger partial charge in [-0.1, -0.05) is 6.07 Å². The first-order valence-electron chi connectivity index (χ1n) is 8.52. The lowest BCUT2D eigenvalue weighted by Gasteiger charge is -2.21. The smallest absolute Gasteiger partial charge is 0.261 e. The van der Waals surface area contributed by atoms with Crippen molar-refractivity contribution in [3.05, 3.63) is 59.4 Å². The molecule has 1 saturated carbocycles. The number of amides is 1. The maximum absolute atomic E-state index is 13.0. The van der Waals surface area contributed by atoms with Gasteiger partial charge < -0.3 is 4.90 Å². The summed E-state index contributed by atoms with van der Waals surface area (Å²) in [5.41, 5.74) is 1.38. The lowest BCUT2D eigenvalue weighted by atomic mass is 10.1. The fourth-order valence-corrected chi connectivity index (χ4v) is 3.92. The topological polar surface area (TPSA) is 66.5 Å². The number of aryl methyl sites for hydroxylation is 1. The van der Waals surface area contributed by atoms with Crippen LogP contribution in [0.4, 0.5) is 10.1 Å². The van der Waals surface area contributed by atoms with E-state index >= 15 is 0 Å². The summed E-state index contributed by atoms with van der Waals surface area (Å²) in [6.45, 7) is 4.30. The minimum Gasteiger partial charge on any atom is -0.336 e. The van der Waals surface area contributed by atoms with Gasteiger partial charge in [0.2, 0.25) is 0 Å². The molecule has 1 aliphatic carbocycles. The van der Waals surface area contributed by atoms with Crippen molar-refractivity contribution in [2.75, 3.05) is 11.3 Å². The van der Waals surface area contributed by atoms with Gasteiger partial charge in [-0.15, -0.1) is 0 Å². The Hall–Kier alpha value is -2.41. The second-order valence-electron chi connectivity index (χ2n) is 6.41. The van der Waals surface area contributed by atoms with Gasteiger partial charge in [-0.25, -0.2) is 12.8 Å². The monoisotopic (exact) mass is 376 g/mol. The number of hydrogen-bond acceptors (Lipinski definition) is 3. The van der Waals surface area contributed by atoms with E-state index in [9.17, 15) is 17.6 Å². The Bertz CT molecular complexity index is 922. The van der Waals surface area contributed by atoms with Crippen LogP contribution in [-0.2, 0) is 10.0 Å². The lowest BCUT2D eigenvalue weighted by molar-refractivity contribution is 0.0751. The number of carbonyl (C=O) groups excluding carboxylic acids is 1. The van der Waals surface area contributed by atoms with E-state index in [0.717, 1.165) is 18.4 Å². The Kier molecular flexibility index (Phi) is 5.00. The van der Waals surface area contributed by atoms with Crippen LogP contribution in [0.5, 0.6) is 0 Å². The fraction of sp³-hybridized carbons (Fsp3) is 0.316. The Balaban J connectivity index is 1.90. The molecule has 0 saturated heterocycles. The number of halogens is 1. The zero-order valence-corrected chi connectivity index (χ0v) is 15.5. The van der Waals surface area contributed by atoms with Crippen LogP contribution in [0, 0.1) is 12.7 Å². The van der Waals surface area contributed by atoms with Crippen molar-refractivity contribution in [2.24, 2.45) is 0 Å². The zero-order valence-electron chi connectivity index (χ0n) is 14.7. The predicted octanol–water partition coefficient (Wildman–Crippen LogP) is 3.56. The van der Waals surface area contributed by atoms with Crippen LogP contribution in [0.1, 0.15) is 35.7 Å². The number of benzene rings is 2. The Morgan fingerprint density at radius 1 is 1.19 bits per heavy atom. The molecule has 2 aromatic rings. The number of hydrogen-bond donors (Lipinski definition) is 1. The standard InChI is InChI=1S/C19H21FN2O3S/c1-3-22(16-9-10-16)19(23)18-12-17(11-4-13(18)2)26(24,25)21-15-7-5-14(20)6-8-15/h4-8,11-12,16,21H,3,9-10H2,1-2H3. The van der Waals surface area contributed by atoms with E-state index in [0.29, 0.717) is 12.1 Å². The average Bonchev–Trinajstić information content (AvgIpc) is 3.42. The molecule has 0 unspecified atom stereocenters. The summed E-state index contributed by atoms with van der Waals surface area (Å²) in [4.78, 5) is 14.6. The molecule has 0 bridgehead atoms. The van der Waals surface area contributed by atoms with Crippen LogP contribution >= 0.6 is 0 Å². The van der Waals surface area contributed by atoms with Crippen LogP contribution in [0.15, 0.2) is 47.4 Å². The number of nitrogens with zero attached hydrogens (tertiary/aromatic N) is 1. The first kappa shape index (κ1) is 18.4. The van der Waals surface area contributed by atoms with E-state index in [1.54, 1.807) is 17.9 Å². The second kappa shape index (κ2) is 7.07. The molecule has 0 radical (unpaired) electrons. The van der Waals surface area contributed by atoms with Crippen LogP contribution in [0.3, 0.4) is 0 Å². The summed E-state index contributed by atoms with van der Waals surface area (Å²) >= 11 is 0. The highest BCUT2D eigenvalue weighted by atomic mass is 32.2. The van der Waals surface area contributed by atoms with Gasteiger partial charge >= 0.3 is 0 Å². The highest BCUT2D eigenvalue weighted by molar-refractivity contribution is 7.92. The van der Waals surface area contributed by atoms with E-state index in [-0.39, 0.29) is 22.5 Å². The van der Waals surface area contributed by atoms with Crippen molar-refractivity contribution >= 4 is 21.6 Å². The van der Waals surface area contributed by atoms with Gasteiger partial charge in [0.15, 0.2) is 0 Å². The Morgan fingerprint density at radius 3 is 2.42 bits per heavy atom. The highest BCUT2D eigenvalue weighted by Gasteiger charge is 2.32. The quantitative estimate of drug-likeness (QED) is 0.838. The maximum atomic E-state index is 13.0. The van der Waals surface area contributed by atoms with Crippen molar-refractivity contribution in [3.8, 4) is 0 Å². The number of rotatable bonds is 6. The zero-order chi connectivity index (χ0) is 18.9. The molecular weight excluding hydrogens is 355 g/mol. The molecule has 7 heteroatoms. The first-order valence-corrected chi connectivity index (χ1v) is 10.00. The van der Waals surface area contributed by atoms with E-state index in [4.69, 9.17) is 0 Å². The normalized spacial score (nSPS) is 14.1.